The average Bonchev–Trinajstić information content (AvgIpc) is 2.12. The van der Waals surface area contributed by atoms with E-state index in [2.05, 4.69) is 26.2 Å². The summed E-state index contributed by atoms with van der Waals surface area (Å²) in [5.41, 5.74) is -0.957. The van der Waals surface area contributed by atoms with E-state index < -0.39 is 42.4 Å². The molecule has 1 aromatic rings. The van der Waals surface area contributed by atoms with E-state index in [1.807, 2.05) is 0 Å². The zero-order chi connectivity index (χ0) is 13.6. The van der Waals surface area contributed by atoms with E-state index in [-0.39, 0.29) is 4.60 Å². The quantitative estimate of drug-likeness (QED) is 0.653. The van der Waals surface area contributed by atoms with E-state index in [9.17, 15) is 22.0 Å². The fourth-order valence-electron chi connectivity index (χ4n) is 1.73. The van der Waals surface area contributed by atoms with Crippen molar-refractivity contribution in [1.29, 1.82) is 0 Å². The minimum Gasteiger partial charge on any atom is -0.366 e. The molecule has 2 nitrogen and oxygen atoms in total. The minimum atomic E-state index is -4.57. The van der Waals surface area contributed by atoms with Gasteiger partial charge in [-0.2, -0.15) is 13.2 Å². The van der Waals surface area contributed by atoms with Gasteiger partial charge < -0.3 is 5.32 Å². The number of rotatable bonds is 2. The normalized spacial score (nSPS) is 19.4. The van der Waals surface area contributed by atoms with Gasteiger partial charge in [-0.15, -0.1) is 0 Å². The Kier molecular flexibility index (Phi) is 3.25. The molecule has 1 aliphatic carbocycles. The van der Waals surface area contributed by atoms with Crippen molar-refractivity contribution in [1.82, 2.24) is 4.98 Å². The van der Waals surface area contributed by atoms with Crippen LogP contribution in [0, 0.1) is 0 Å². The molecule has 1 saturated carbocycles. The lowest BCUT2D eigenvalue weighted by Crippen LogP contribution is -2.44. The fraction of sp³-hybridized carbons (Fsp3) is 0.500. The van der Waals surface area contributed by atoms with E-state index in [0.717, 1.165) is 12.1 Å². The van der Waals surface area contributed by atoms with Crippen LogP contribution in [0.15, 0.2) is 16.7 Å². The SMILES string of the molecule is FC1(F)CC(Nc2nc(Br)ccc2C(F)(F)F)C1. The lowest BCUT2D eigenvalue weighted by Gasteiger charge is -2.36. The second kappa shape index (κ2) is 4.32. The number of nitrogens with zero attached hydrogens (tertiary/aromatic N) is 1. The maximum absolute atomic E-state index is 12.7. The standard InChI is InChI=1S/C10H8BrF5N2/c11-7-2-1-6(10(14,15)16)8(18-7)17-5-3-9(12,13)4-5/h1-2,5H,3-4H2,(H,17,18). The molecule has 18 heavy (non-hydrogen) atoms. The van der Waals surface area contributed by atoms with Gasteiger partial charge in [-0.1, -0.05) is 0 Å². The van der Waals surface area contributed by atoms with Crippen LogP contribution in [0.3, 0.4) is 0 Å². The van der Waals surface area contributed by atoms with E-state index in [0.29, 0.717) is 0 Å². The third kappa shape index (κ3) is 2.90. The smallest absolute Gasteiger partial charge is 0.366 e. The summed E-state index contributed by atoms with van der Waals surface area (Å²) >= 11 is 2.95. The summed E-state index contributed by atoms with van der Waals surface area (Å²) in [6.45, 7) is 0. The summed E-state index contributed by atoms with van der Waals surface area (Å²) in [5, 5.41) is 2.41. The molecule has 0 unspecified atom stereocenters. The highest BCUT2D eigenvalue weighted by Gasteiger charge is 2.46. The molecule has 1 N–H and O–H groups in total. The van der Waals surface area contributed by atoms with E-state index >= 15 is 0 Å². The van der Waals surface area contributed by atoms with E-state index in [4.69, 9.17) is 0 Å². The van der Waals surface area contributed by atoms with Crippen molar-refractivity contribution in [3.8, 4) is 0 Å². The van der Waals surface area contributed by atoms with Gasteiger partial charge in [0.2, 0.25) is 0 Å². The van der Waals surface area contributed by atoms with Gasteiger partial charge in [-0.25, -0.2) is 13.8 Å². The summed E-state index contributed by atoms with van der Waals surface area (Å²) in [6.07, 6.45) is -5.51. The number of nitrogens with one attached hydrogen (secondary N) is 1. The third-order valence-corrected chi connectivity index (χ3v) is 3.04. The number of alkyl halides is 5. The molecule has 0 radical (unpaired) electrons. The summed E-state index contributed by atoms with van der Waals surface area (Å²) in [4.78, 5) is 3.65. The van der Waals surface area contributed by atoms with Gasteiger partial charge in [0.1, 0.15) is 10.4 Å². The number of hydrogen-bond acceptors (Lipinski definition) is 2. The van der Waals surface area contributed by atoms with E-state index in [1.54, 1.807) is 0 Å². The topological polar surface area (TPSA) is 24.9 Å². The first-order chi connectivity index (χ1) is 8.17. The zero-order valence-corrected chi connectivity index (χ0v) is 10.4. The molecule has 2 rings (SSSR count). The molecule has 0 bridgehead atoms. The van der Waals surface area contributed by atoms with Gasteiger partial charge in [0.15, 0.2) is 0 Å². The van der Waals surface area contributed by atoms with Crippen molar-refractivity contribution >= 4 is 21.7 Å². The Hall–Kier alpha value is -0.920. The van der Waals surface area contributed by atoms with Gasteiger partial charge in [-0.05, 0) is 28.1 Å². The fourth-order valence-corrected chi connectivity index (χ4v) is 2.04. The largest absolute Gasteiger partial charge is 0.419 e. The molecule has 0 aliphatic heterocycles. The van der Waals surface area contributed by atoms with Crippen LogP contribution in [0.25, 0.3) is 0 Å². The molecule has 0 spiro atoms. The number of halogens is 6. The average molecular weight is 331 g/mol. The Bertz CT molecular complexity index is 452. The summed E-state index contributed by atoms with van der Waals surface area (Å²) in [6, 6.07) is 1.34. The predicted octanol–water partition coefficient (Wildman–Crippen LogP) is 4.07. The molecule has 8 heteroatoms. The summed E-state index contributed by atoms with van der Waals surface area (Å²) in [7, 11) is 0. The molecule has 100 valence electrons. The summed E-state index contributed by atoms with van der Waals surface area (Å²) < 4.78 is 63.4. The summed E-state index contributed by atoms with van der Waals surface area (Å²) in [5.74, 6) is -3.21. The highest BCUT2D eigenvalue weighted by molar-refractivity contribution is 9.10. The minimum absolute atomic E-state index is 0.212. The van der Waals surface area contributed by atoms with Crippen LogP contribution < -0.4 is 5.32 Å². The number of hydrogen-bond donors (Lipinski definition) is 1. The molecular weight excluding hydrogens is 323 g/mol. The Labute approximate surface area is 108 Å². The van der Waals surface area contributed by atoms with Crippen LogP contribution in [-0.2, 0) is 6.18 Å². The molecule has 1 aromatic heterocycles. The van der Waals surface area contributed by atoms with Crippen LogP contribution in [0.1, 0.15) is 18.4 Å². The third-order valence-electron chi connectivity index (χ3n) is 2.60. The van der Waals surface area contributed by atoms with Crippen LogP contribution in [0.5, 0.6) is 0 Å². The first-order valence-electron chi connectivity index (χ1n) is 5.05. The molecule has 1 heterocycles. The van der Waals surface area contributed by atoms with Gasteiger partial charge in [0, 0.05) is 18.9 Å². The van der Waals surface area contributed by atoms with Gasteiger partial charge in [0.05, 0.1) is 5.56 Å². The lowest BCUT2D eigenvalue weighted by molar-refractivity contribution is -0.137. The van der Waals surface area contributed by atoms with Crippen LogP contribution in [0.4, 0.5) is 27.8 Å². The Morgan fingerprint density at radius 3 is 2.39 bits per heavy atom. The van der Waals surface area contributed by atoms with Gasteiger partial charge in [0.25, 0.3) is 5.92 Å². The maximum Gasteiger partial charge on any atom is 0.419 e. The van der Waals surface area contributed by atoms with Crippen molar-refractivity contribution < 1.29 is 22.0 Å². The lowest BCUT2D eigenvalue weighted by atomic mass is 9.88. The van der Waals surface area contributed by atoms with Crippen molar-refractivity contribution in [2.45, 2.75) is 31.0 Å². The Balaban J connectivity index is 2.19. The Morgan fingerprint density at radius 2 is 1.89 bits per heavy atom. The van der Waals surface area contributed by atoms with E-state index in [1.165, 1.54) is 0 Å². The molecule has 0 aromatic carbocycles. The van der Waals surface area contributed by atoms with Gasteiger partial charge in [-0.3, -0.25) is 0 Å². The first kappa shape index (κ1) is 13.5. The molecule has 0 amide bonds. The molecule has 1 aliphatic rings. The molecule has 0 saturated heterocycles. The van der Waals surface area contributed by atoms with Crippen LogP contribution >= 0.6 is 15.9 Å². The zero-order valence-electron chi connectivity index (χ0n) is 8.86. The van der Waals surface area contributed by atoms with Crippen molar-refractivity contribution in [3.63, 3.8) is 0 Å². The number of aromatic nitrogens is 1. The second-order valence-electron chi connectivity index (χ2n) is 4.13. The predicted molar refractivity (Wildman–Crippen MR) is 58.5 cm³/mol. The number of anilines is 1. The van der Waals surface area contributed by atoms with Crippen molar-refractivity contribution in [2.75, 3.05) is 5.32 Å². The van der Waals surface area contributed by atoms with Gasteiger partial charge >= 0.3 is 6.18 Å². The molecular formula is C10H8BrF5N2. The molecule has 1 fully saturated rings. The van der Waals surface area contributed by atoms with Crippen molar-refractivity contribution in [3.05, 3.63) is 22.3 Å². The first-order valence-corrected chi connectivity index (χ1v) is 5.85. The van der Waals surface area contributed by atoms with Crippen LogP contribution in [0.2, 0.25) is 0 Å². The highest BCUT2D eigenvalue weighted by atomic mass is 79.9. The Morgan fingerprint density at radius 1 is 1.28 bits per heavy atom. The maximum atomic E-state index is 12.7. The monoisotopic (exact) mass is 330 g/mol. The van der Waals surface area contributed by atoms with Crippen LogP contribution in [-0.4, -0.2) is 16.9 Å². The van der Waals surface area contributed by atoms with Crippen molar-refractivity contribution in [2.24, 2.45) is 0 Å². The molecule has 0 atom stereocenters. The number of pyridine rings is 1. The second-order valence-corrected chi connectivity index (χ2v) is 4.95. The highest BCUT2D eigenvalue weighted by Crippen LogP contribution is 2.41.